The number of terminal acetylenes is 2. The number of aromatic carboxylic acids is 1. The van der Waals surface area contributed by atoms with Crippen LogP contribution in [0.3, 0.4) is 0 Å². The fraction of sp³-hybridized carbons (Fsp3) is 0.384. The molecule has 4 saturated heterocycles. The zero-order valence-electron chi connectivity index (χ0n) is 65.2. The Balaban J connectivity index is 0.000000317. The first-order valence-corrected chi connectivity index (χ1v) is 37.9. The van der Waals surface area contributed by atoms with Gasteiger partial charge in [-0.05, 0) is 172 Å². The summed E-state index contributed by atoms with van der Waals surface area (Å²) in [5, 5.41) is 14.5. The number of esters is 2. The van der Waals surface area contributed by atoms with Crippen LogP contribution in [0.2, 0.25) is 0 Å². The minimum atomic E-state index is -0.978. The fourth-order valence-corrected chi connectivity index (χ4v) is 11.4. The predicted octanol–water partition coefficient (Wildman–Crippen LogP) is 11.1. The summed E-state index contributed by atoms with van der Waals surface area (Å²) in [6, 6.07) is 37.2. The van der Waals surface area contributed by atoms with E-state index in [0.717, 1.165) is 143 Å². The number of benzene rings is 6. The van der Waals surface area contributed by atoms with Crippen LogP contribution in [0, 0.1) is 51.9 Å². The molecule has 0 bridgehead atoms. The second-order valence-corrected chi connectivity index (χ2v) is 29.0. The van der Waals surface area contributed by atoms with Crippen molar-refractivity contribution in [1.29, 1.82) is 2.90 Å². The van der Waals surface area contributed by atoms with Crippen LogP contribution >= 0.6 is 38.5 Å². The zero-order chi connectivity index (χ0) is 82.1. The zero-order valence-corrected chi connectivity index (χ0v) is 66.9. The molecule has 27 heteroatoms. The van der Waals surface area contributed by atoms with Gasteiger partial charge in [0, 0.05) is 67.1 Å². The summed E-state index contributed by atoms with van der Waals surface area (Å²) in [6.45, 7) is 28.2. The molecule has 4 aliphatic heterocycles. The molecule has 0 atom stereocenters. The molecule has 4 aliphatic rings. The van der Waals surface area contributed by atoms with E-state index >= 15 is 0 Å². The lowest BCUT2D eigenvalue weighted by atomic mass is 10.1. The highest BCUT2D eigenvalue weighted by Crippen LogP contribution is 2.19. The van der Waals surface area contributed by atoms with Crippen LogP contribution in [0.1, 0.15) is 115 Å². The van der Waals surface area contributed by atoms with Crippen molar-refractivity contribution in [2.75, 3.05) is 130 Å². The Morgan fingerprint density at radius 2 is 0.823 bits per heavy atom. The largest absolute Gasteiger partial charge is 0.478 e. The van der Waals surface area contributed by atoms with E-state index in [1.165, 1.54) is 23.0 Å². The van der Waals surface area contributed by atoms with Gasteiger partial charge in [0.1, 0.15) is 11.2 Å². The lowest BCUT2D eigenvalue weighted by Crippen LogP contribution is -2.36. The summed E-state index contributed by atoms with van der Waals surface area (Å²) in [4.78, 5) is 93.9. The number of rotatable bonds is 12. The van der Waals surface area contributed by atoms with E-state index in [1.807, 2.05) is 108 Å². The number of alkyl halides is 1. The van der Waals surface area contributed by atoms with Crippen LogP contribution in [0.25, 0.3) is 32.7 Å². The minimum Gasteiger partial charge on any atom is -0.478 e. The van der Waals surface area contributed by atoms with Crippen LogP contribution in [0.5, 0.6) is 0 Å². The third-order valence-corrected chi connectivity index (χ3v) is 17.5. The summed E-state index contributed by atoms with van der Waals surface area (Å²) >= 11 is 5.19. The van der Waals surface area contributed by atoms with E-state index in [1.54, 1.807) is 70.3 Å². The number of nitrogens with zero attached hydrogens (tertiary/aromatic N) is 9. The topological polar surface area (TPSA) is 253 Å². The highest BCUT2D eigenvalue weighted by molar-refractivity contribution is 14.1. The molecule has 4 fully saturated rings. The molecule has 3 aromatic heterocycles. The number of fused-ring (bicyclic) bond motifs is 3. The van der Waals surface area contributed by atoms with E-state index in [-0.39, 0.29) is 49.0 Å². The molecule has 113 heavy (non-hydrogen) atoms. The summed E-state index contributed by atoms with van der Waals surface area (Å²) in [5.41, 5.74) is 5.87. The number of carbonyl (C=O) groups excluding carboxylic acids is 2. The molecule has 602 valence electrons. The first-order chi connectivity index (χ1) is 54.5. The van der Waals surface area contributed by atoms with E-state index in [0.29, 0.717) is 81.9 Å². The van der Waals surface area contributed by atoms with Crippen LogP contribution in [0.4, 0.5) is 9.44 Å². The van der Waals surface area contributed by atoms with Crippen molar-refractivity contribution in [2.45, 2.75) is 87.2 Å². The van der Waals surface area contributed by atoms with Crippen LogP contribution in [0.15, 0.2) is 161 Å². The smallest absolute Gasteiger partial charge is 0.338 e. The molecule has 2 N–H and O–H groups in total. The number of nitrogens with one attached hydrogen (secondary N) is 1. The highest BCUT2D eigenvalue weighted by atomic mass is 127. The van der Waals surface area contributed by atoms with Crippen molar-refractivity contribution in [3.05, 3.63) is 226 Å². The Hall–Kier alpha value is -9.86. The van der Waals surface area contributed by atoms with Crippen LogP contribution in [-0.4, -0.2) is 211 Å². The van der Waals surface area contributed by atoms with Gasteiger partial charge in [-0.1, -0.05) is 103 Å². The van der Waals surface area contributed by atoms with Crippen molar-refractivity contribution in [3.8, 4) is 48.4 Å². The van der Waals surface area contributed by atoms with E-state index in [2.05, 4.69) is 112 Å². The predicted molar refractivity (Wildman–Crippen MR) is 454 cm³/mol. The standard InChI is InChI=1S/C27H29N3O4.C23H21N3O4.C20H19IN2O3.C7H11NO.C4H9NO.C3H3Br.2CH4.2FH/c1-27(2,3)34-26(32)22-9-6-21(7-10-22)18-30-19-28-24-11-8-20(17-23(24)25(30)31)5-4-12-29-13-15-33-16-14-29;27-22-20-14-17(2-1-9-25-10-12-30-13-11-25)5-8-21(20)24-16-26(22)15-18-3-6-19(7-4-18)23(28)29;1-20(2,3)26-19(25)14-6-4-13(5-7-14)11-23-12-22-17-9-8-15(21)10-16(17)18(23)24;1-2-3-8-4-6-9-7-5-8;1-3-6-4-2-5-1;1-2-3-4;;;;/h6-11,17,19H,12-16,18H2,1-3H3;3-8,14,16H,9-13,15H2,(H,28,29);4-10,12H,11H2,1-3H3;1H,3-7H2;5H,1-4H2;1H,3H2;2*1H4;2*1H/i/hT2. The number of morpholine rings is 4. The van der Waals surface area contributed by atoms with E-state index in [9.17, 15) is 28.8 Å². The molecule has 0 aliphatic carbocycles. The molecule has 13 rings (SSSR count). The molecule has 0 unspecified atom stereocenters. The molecule has 0 spiro atoms. The number of ether oxygens (including phenoxy) is 6. The van der Waals surface area contributed by atoms with Crippen LogP contribution < -0.4 is 22.0 Å². The number of hydrogen-bond donors (Lipinski definition) is 2. The van der Waals surface area contributed by atoms with Gasteiger partial charge < -0.3 is 38.8 Å². The average molecular weight is 1730 g/mol. The van der Waals surface area contributed by atoms with Crippen molar-refractivity contribution in [2.24, 2.45) is 0 Å². The normalized spacial score (nSPS) is 14.1. The van der Waals surface area contributed by atoms with Gasteiger partial charge in [-0.2, -0.15) is 0 Å². The molecule has 0 saturated carbocycles. The van der Waals surface area contributed by atoms with Crippen molar-refractivity contribution >= 4 is 89.1 Å². The van der Waals surface area contributed by atoms with Gasteiger partial charge >= 0.3 is 17.9 Å². The molecule has 0 amide bonds. The fourth-order valence-electron chi connectivity index (χ4n) is 10.9. The van der Waals surface area contributed by atoms with Gasteiger partial charge in [0.15, 0.2) is 0 Å². The molecular formula is C86H102BrF2IN10O13. The van der Waals surface area contributed by atoms with Gasteiger partial charge in [0.25, 0.3) is 19.6 Å². The molecule has 23 nitrogen and oxygen atoms in total. The highest BCUT2D eigenvalue weighted by Gasteiger charge is 2.20. The minimum absolute atomic E-state index is 0. The Bertz CT molecular complexity index is 4940. The lowest BCUT2D eigenvalue weighted by Gasteiger charge is -2.24. The molecule has 9 aromatic rings. The van der Waals surface area contributed by atoms with Crippen LogP contribution in [-0.2, 0) is 48.1 Å². The first-order valence-electron chi connectivity index (χ1n) is 36.4. The number of carboxylic acid groups (broad SMARTS) is 1. The van der Waals surface area contributed by atoms with Gasteiger partial charge in [-0.25, -0.2) is 29.3 Å². The molecular weight excluding hydrogens is 1630 g/mol. The second kappa shape index (κ2) is 48.9. The maximum atomic E-state index is 13.1. The van der Waals surface area contributed by atoms with Gasteiger partial charge in [-0.15, -0.1) is 12.8 Å². The summed E-state index contributed by atoms with van der Waals surface area (Å²) in [7, 11) is 0. The lowest BCUT2D eigenvalue weighted by molar-refractivity contribution is 0.00570. The SMILES string of the molecule is C.C.C#CCBr.C#CCN1CCOCC1.C1COCCN1.CC(C)(C)OC(=O)c1ccc(Cn2cnc3ccc(C#CCN4CCOCC4)cc3c2=O)cc1.CC(C)(C)OC(=O)c1ccc(Cn2cnc3ccc(I)cc3c2=O)cc1.O=C(O)c1ccc(Cn2cnc3ccc(C#CCN4CCOCC4)cc3c2=O)cc1.[3H]F.[3H]F. The Labute approximate surface area is 685 Å². The Morgan fingerprint density at radius 1 is 0.504 bits per heavy atom. The molecule has 0 radical (unpaired) electrons. The second-order valence-electron chi connectivity index (χ2n) is 27.2. The summed E-state index contributed by atoms with van der Waals surface area (Å²) < 4.78 is 63.2. The maximum absolute atomic E-state index is 13.1. The number of aromatic nitrogens is 6. The molecule has 7 heterocycles. The third-order valence-electron chi connectivity index (χ3n) is 16.5. The number of carbonyl (C=O) groups is 3. The number of hydrogen-bond acceptors (Lipinski definition) is 19. The number of halogens is 4. The van der Waals surface area contributed by atoms with Gasteiger partial charge in [0.2, 0.25) is 0 Å². The third kappa shape index (κ3) is 32.3. The molecule has 6 aromatic carbocycles. The Morgan fingerprint density at radius 3 is 1.12 bits per heavy atom. The summed E-state index contributed by atoms with van der Waals surface area (Å²) in [5.74, 6) is 15.9. The quantitative estimate of drug-likeness (QED) is 0.0499. The van der Waals surface area contributed by atoms with Gasteiger partial charge in [0.05, 0.1) is 166 Å². The van der Waals surface area contributed by atoms with E-state index in [4.69, 9.17) is 55.8 Å². The van der Waals surface area contributed by atoms with Crippen molar-refractivity contribution in [3.63, 3.8) is 0 Å². The average Bonchev–Trinajstić information content (AvgIpc) is 0.765. The van der Waals surface area contributed by atoms with Gasteiger partial charge in [-0.3, -0.25) is 52.2 Å². The van der Waals surface area contributed by atoms with Crippen molar-refractivity contribution in [1.82, 2.24) is 48.7 Å². The first kappa shape index (κ1) is 92.0. The summed E-state index contributed by atoms with van der Waals surface area (Å²) in [6.07, 6.45) is 14.5. The van der Waals surface area contributed by atoms with E-state index < -0.39 is 17.2 Å². The monoisotopic (exact) mass is 1730 g/mol. The number of carboxylic acids is 1. The van der Waals surface area contributed by atoms with Crippen molar-refractivity contribution < 1.29 is 57.3 Å². The maximum Gasteiger partial charge on any atom is 0.338 e. The Kier molecular flexibility index (Phi) is 39.8.